The maximum atomic E-state index is 13.1. The fraction of sp³-hybridized carbons (Fsp3) is 0.382. The van der Waals surface area contributed by atoms with Crippen molar-refractivity contribution in [2.75, 3.05) is 26.8 Å². The van der Waals surface area contributed by atoms with Gasteiger partial charge in [0.25, 0.3) is 0 Å². The second-order valence-electron chi connectivity index (χ2n) is 10.9. The molecule has 2 atom stereocenters. The number of hydrogen-bond donors (Lipinski definition) is 2. The Labute approximate surface area is 247 Å². The van der Waals surface area contributed by atoms with E-state index < -0.39 is 0 Å². The van der Waals surface area contributed by atoms with Crippen LogP contribution in [0.15, 0.2) is 66.7 Å². The summed E-state index contributed by atoms with van der Waals surface area (Å²) in [4.78, 5) is 39.6. The number of hydrogen-bond acceptors (Lipinski definition) is 5. The molecule has 0 saturated heterocycles. The Kier molecular flexibility index (Phi) is 9.41. The van der Waals surface area contributed by atoms with Gasteiger partial charge in [-0.3, -0.25) is 9.59 Å². The fourth-order valence-electron chi connectivity index (χ4n) is 5.78. The summed E-state index contributed by atoms with van der Waals surface area (Å²) in [6.07, 6.45) is 2.36. The molecule has 1 heterocycles. The van der Waals surface area contributed by atoms with Gasteiger partial charge in [-0.1, -0.05) is 54.6 Å². The number of amides is 3. The Morgan fingerprint density at radius 2 is 1.81 bits per heavy atom. The lowest BCUT2D eigenvalue weighted by atomic mass is 9.87. The van der Waals surface area contributed by atoms with Crippen LogP contribution in [0.25, 0.3) is 11.1 Å². The van der Waals surface area contributed by atoms with Crippen molar-refractivity contribution in [3.8, 4) is 16.9 Å². The number of benzene rings is 3. The number of ether oxygens (including phenoxy) is 2. The molecular weight excluding hydrogens is 530 g/mol. The molecule has 3 aromatic rings. The van der Waals surface area contributed by atoms with Gasteiger partial charge in [-0.2, -0.15) is 0 Å². The van der Waals surface area contributed by atoms with E-state index in [1.807, 2.05) is 36.4 Å². The van der Waals surface area contributed by atoms with E-state index in [1.165, 1.54) is 11.1 Å². The summed E-state index contributed by atoms with van der Waals surface area (Å²) in [6.45, 7) is 3.96. The van der Waals surface area contributed by atoms with Crippen LogP contribution in [0.5, 0.6) is 5.75 Å². The van der Waals surface area contributed by atoms with Crippen LogP contribution in [0.3, 0.4) is 0 Å². The third-order valence-electron chi connectivity index (χ3n) is 8.12. The molecule has 0 bridgehead atoms. The monoisotopic (exact) mass is 569 g/mol. The lowest BCUT2D eigenvalue weighted by molar-refractivity contribution is -0.143. The van der Waals surface area contributed by atoms with Crippen LogP contribution < -0.4 is 15.4 Å². The summed E-state index contributed by atoms with van der Waals surface area (Å²) in [5.41, 5.74) is 6.65. The molecule has 1 fully saturated rings. The molecule has 8 heteroatoms. The topological polar surface area (TPSA) is 97.0 Å². The van der Waals surface area contributed by atoms with Gasteiger partial charge in [0.05, 0.1) is 13.7 Å². The normalized spacial score (nSPS) is 17.1. The van der Waals surface area contributed by atoms with Crippen LogP contribution in [-0.4, -0.2) is 49.6 Å². The molecule has 42 heavy (non-hydrogen) atoms. The molecule has 220 valence electrons. The van der Waals surface area contributed by atoms with Gasteiger partial charge in [-0.15, -0.1) is 0 Å². The Morgan fingerprint density at radius 3 is 2.60 bits per heavy atom. The highest BCUT2D eigenvalue weighted by atomic mass is 16.5. The van der Waals surface area contributed by atoms with Crippen molar-refractivity contribution in [3.05, 3.63) is 89.0 Å². The van der Waals surface area contributed by atoms with Gasteiger partial charge >= 0.3 is 12.0 Å². The largest absolute Gasteiger partial charge is 0.497 e. The van der Waals surface area contributed by atoms with Crippen molar-refractivity contribution in [2.24, 2.45) is 5.92 Å². The number of carbonyl (C=O) groups is 3. The number of carbonyl (C=O) groups excluding carboxylic acids is 3. The van der Waals surface area contributed by atoms with Crippen LogP contribution in [0, 0.1) is 5.92 Å². The summed E-state index contributed by atoms with van der Waals surface area (Å²) in [5, 5.41) is 6.12. The van der Waals surface area contributed by atoms with E-state index in [-0.39, 0.29) is 36.2 Å². The first-order valence-corrected chi connectivity index (χ1v) is 14.8. The zero-order valence-electron chi connectivity index (χ0n) is 24.4. The Hall–Kier alpha value is -4.33. The van der Waals surface area contributed by atoms with E-state index in [4.69, 9.17) is 9.47 Å². The van der Waals surface area contributed by atoms with Crippen LogP contribution in [-0.2, 0) is 33.8 Å². The minimum atomic E-state index is -0.253. The summed E-state index contributed by atoms with van der Waals surface area (Å²) in [7, 11) is 1.66. The molecule has 5 rings (SSSR count). The van der Waals surface area contributed by atoms with Crippen LogP contribution in [0.1, 0.15) is 54.4 Å². The van der Waals surface area contributed by atoms with E-state index in [2.05, 4.69) is 41.0 Å². The van der Waals surface area contributed by atoms with Gasteiger partial charge in [0.2, 0.25) is 5.91 Å². The van der Waals surface area contributed by atoms with Gasteiger partial charge in [0, 0.05) is 38.5 Å². The first kappa shape index (κ1) is 29.2. The molecule has 2 aliphatic rings. The lowest BCUT2D eigenvalue weighted by Gasteiger charge is -2.32. The van der Waals surface area contributed by atoms with E-state index in [0.717, 1.165) is 34.4 Å². The van der Waals surface area contributed by atoms with E-state index in [1.54, 1.807) is 18.9 Å². The zero-order valence-corrected chi connectivity index (χ0v) is 24.4. The maximum Gasteiger partial charge on any atom is 0.317 e. The molecule has 1 saturated carbocycles. The SMILES string of the molecule is CCOC(=O)CCCNC(=O)N1CCc2c(-c3cccc(OC)c3)ccc(CNC(=O)[C@@H]3C[C@H]3c3ccccc3)c2C1. The third-order valence-corrected chi connectivity index (χ3v) is 8.12. The lowest BCUT2D eigenvalue weighted by Crippen LogP contribution is -2.43. The quantitative estimate of drug-likeness (QED) is 0.245. The van der Waals surface area contributed by atoms with Gasteiger partial charge in [-0.05, 0) is 77.6 Å². The molecule has 3 amide bonds. The van der Waals surface area contributed by atoms with E-state index in [0.29, 0.717) is 45.6 Å². The first-order chi connectivity index (χ1) is 20.5. The Morgan fingerprint density at radius 1 is 0.976 bits per heavy atom. The second kappa shape index (κ2) is 13.6. The standard InChI is InChI=1S/C34H39N3O5/c1-3-42-32(38)13-8-17-35-34(40)37-18-16-28-27(24-11-7-12-26(19-24)41-2)15-14-25(31(28)22-37)21-36-33(39)30-20-29(30)23-9-5-4-6-10-23/h4-7,9-12,14-15,19,29-30H,3,8,13,16-18,20-22H2,1-2H3,(H,35,40)(H,36,39)/t29-,30+/m0/s1. The molecule has 0 spiro atoms. The van der Waals surface area contributed by atoms with Crippen LogP contribution >= 0.6 is 0 Å². The smallest absolute Gasteiger partial charge is 0.317 e. The molecule has 0 unspecified atom stereocenters. The van der Waals surface area contributed by atoms with Crippen molar-refractivity contribution in [3.63, 3.8) is 0 Å². The molecule has 0 aromatic heterocycles. The predicted molar refractivity (Wildman–Crippen MR) is 161 cm³/mol. The minimum Gasteiger partial charge on any atom is -0.497 e. The molecule has 3 aromatic carbocycles. The van der Waals surface area contributed by atoms with Gasteiger partial charge < -0.3 is 25.0 Å². The zero-order chi connectivity index (χ0) is 29.5. The van der Waals surface area contributed by atoms with Crippen LogP contribution in [0.4, 0.5) is 4.79 Å². The highest BCUT2D eigenvalue weighted by Crippen LogP contribution is 2.47. The molecular formula is C34H39N3O5. The fourth-order valence-corrected chi connectivity index (χ4v) is 5.78. The summed E-state index contributed by atoms with van der Waals surface area (Å²) >= 11 is 0. The third kappa shape index (κ3) is 6.93. The summed E-state index contributed by atoms with van der Waals surface area (Å²) < 4.78 is 10.4. The van der Waals surface area contributed by atoms with Crippen molar-refractivity contribution >= 4 is 17.9 Å². The molecule has 1 aliphatic carbocycles. The van der Waals surface area contributed by atoms with Crippen molar-refractivity contribution in [1.82, 2.24) is 15.5 Å². The minimum absolute atomic E-state index is 0.00355. The van der Waals surface area contributed by atoms with Crippen molar-refractivity contribution < 1.29 is 23.9 Å². The molecule has 0 radical (unpaired) electrons. The second-order valence-corrected chi connectivity index (χ2v) is 10.9. The van der Waals surface area contributed by atoms with Gasteiger partial charge in [0.15, 0.2) is 0 Å². The van der Waals surface area contributed by atoms with Crippen LogP contribution in [0.2, 0.25) is 0 Å². The summed E-state index contributed by atoms with van der Waals surface area (Å²) in [6, 6.07) is 22.2. The number of rotatable bonds is 11. The average Bonchev–Trinajstić information content (AvgIpc) is 3.83. The van der Waals surface area contributed by atoms with E-state index in [9.17, 15) is 14.4 Å². The highest BCUT2D eigenvalue weighted by Gasteiger charge is 2.43. The van der Waals surface area contributed by atoms with Crippen molar-refractivity contribution in [1.29, 1.82) is 0 Å². The number of fused-ring (bicyclic) bond motifs is 1. The van der Waals surface area contributed by atoms with Gasteiger partial charge in [0.1, 0.15) is 5.75 Å². The number of methoxy groups -OCH3 is 1. The first-order valence-electron chi connectivity index (χ1n) is 14.8. The van der Waals surface area contributed by atoms with E-state index >= 15 is 0 Å². The maximum absolute atomic E-state index is 13.1. The highest BCUT2D eigenvalue weighted by molar-refractivity contribution is 5.83. The molecule has 1 aliphatic heterocycles. The Bertz CT molecular complexity index is 1420. The summed E-state index contributed by atoms with van der Waals surface area (Å²) in [5.74, 6) is 0.877. The average molecular weight is 570 g/mol. The Balaban J connectivity index is 1.30. The number of urea groups is 1. The van der Waals surface area contributed by atoms with Crippen molar-refractivity contribution in [2.45, 2.75) is 51.6 Å². The number of esters is 1. The molecule has 8 nitrogen and oxygen atoms in total. The number of nitrogens with one attached hydrogen (secondary N) is 2. The predicted octanol–water partition coefficient (Wildman–Crippen LogP) is 5.19. The molecule has 2 N–H and O–H groups in total. The number of nitrogens with zero attached hydrogens (tertiary/aromatic N) is 1. The van der Waals surface area contributed by atoms with Gasteiger partial charge in [-0.25, -0.2) is 4.79 Å².